The molecule has 0 aliphatic rings. The van der Waals surface area contributed by atoms with Crippen LogP contribution in [0.15, 0.2) is 22.7 Å². The Morgan fingerprint density at radius 1 is 1.50 bits per heavy atom. The maximum absolute atomic E-state index is 8.71. The van der Waals surface area contributed by atoms with Crippen molar-refractivity contribution in [1.29, 1.82) is 5.26 Å². The fourth-order valence-corrected chi connectivity index (χ4v) is 2.14. The third-order valence-corrected chi connectivity index (χ3v) is 3.37. The molecular weight excluding hydrogens is 284 g/mol. The molecule has 1 rings (SSSR count). The molecule has 0 atom stereocenters. The van der Waals surface area contributed by atoms with Crippen molar-refractivity contribution in [3.05, 3.63) is 28.2 Å². The van der Waals surface area contributed by atoms with Crippen molar-refractivity contribution in [1.82, 2.24) is 0 Å². The third-order valence-electron chi connectivity index (χ3n) is 1.85. The van der Waals surface area contributed by atoms with E-state index in [2.05, 4.69) is 33.2 Å². The summed E-state index contributed by atoms with van der Waals surface area (Å²) < 4.78 is 0.911. The van der Waals surface area contributed by atoms with Gasteiger partial charge in [-0.2, -0.15) is 5.26 Å². The minimum atomic E-state index is 0.652. The molecule has 0 aliphatic carbocycles. The fraction of sp³-hybridized carbons (Fsp3) is 0.250. The highest BCUT2D eigenvalue weighted by molar-refractivity contribution is 9.10. The summed E-state index contributed by atoms with van der Waals surface area (Å²) in [5.74, 6) is 4.30. The molecule has 0 fully saturated rings. The van der Waals surface area contributed by atoms with E-state index in [4.69, 9.17) is 11.7 Å². The van der Waals surface area contributed by atoms with E-state index in [-0.39, 0.29) is 0 Å². The lowest BCUT2D eigenvalue weighted by Crippen LogP contribution is -2.04. The molecule has 0 heterocycles. The topological polar surface area (TPSA) is 35.8 Å². The molecule has 1 aromatic rings. The Hall–Kier alpha value is -1.10. The predicted molar refractivity (Wildman–Crippen MR) is 73.5 cm³/mol. The van der Waals surface area contributed by atoms with Crippen LogP contribution < -0.4 is 5.32 Å². The first-order valence-corrected chi connectivity index (χ1v) is 6.67. The molecule has 0 saturated heterocycles. The van der Waals surface area contributed by atoms with E-state index in [0.29, 0.717) is 5.56 Å². The number of nitrogens with zero attached hydrogens (tertiary/aromatic N) is 1. The van der Waals surface area contributed by atoms with Gasteiger partial charge in [0.05, 0.1) is 17.4 Å². The van der Waals surface area contributed by atoms with Crippen molar-refractivity contribution in [3.8, 4) is 18.4 Å². The van der Waals surface area contributed by atoms with E-state index in [9.17, 15) is 0 Å². The Labute approximate surface area is 109 Å². The molecular formula is C12H11BrN2S. The van der Waals surface area contributed by atoms with E-state index < -0.39 is 0 Å². The van der Waals surface area contributed by atoms with Crippen molar-refractivity contribution in [2.45, 2.75) is 0 Å². The van der Waals surface area contributed by atoms with Crippen LogP contribution in [0.5, 0.6) is 0 Å². The molecule has 0 spiro atoms. The van der Waals surface area contributed by atoms with Crippen molar-refractivity contribution in [3.63, 3.8) is 0 Å². The summed E-state index contributed by atoms with van der Waals surface area (Å²) in [6.07, 6.45) is 5.15. The van der Waals surface area contributed by atoms with Gasteiger partial charge in [-0.1, -0.05) is 5.92 Å². The molecule has 16 heavy (non-hydrogen) atoms. The molecule has 1 aromatic carbocycles. The van der Waals surface area contributed by atoms with Gasteiger partial charge in [-0.05, 0) is 34.1 Å². The SMILES string of the molecule is C#CCSCCNc1ccc(C#N)cc1Br. The number of hydrogen-bond acceptors (Lipinski definition) is 3. The van der Waals surface area contributed by atoms with E-state index in [1.54, 1.807) is 23.9 Å². The summed E-state index contributed by atoms with van der Waals surface area (Å²) in [6, 6.07) is 7.59. The van der Waals surface area contributed by atoms with Gasteiger partial charge in [-0.15, -0.1) is 18.2 Å². The zero-order valence-corrected chi connectivity index (χ0v) is 11.1. The Kier molecular flexibility index (Phi) is 5.85. The van der Waals surface area contributed by atoms with Crippen LogP contribution in [0.1, 0.15) is 5.56 Å². The molecule has 4 heteroatoms. The Balaban J connectivity index is 2.43. The normalized spacial score (nSPS) is 9.19. The number of rotatable bonds is 5. The standard InChI is InChI=1S/C12H11BrN2S/c1-2-6-16-7-5-15-12-4-3-10(9-14)8-11(12)13/h1,3-4,8,15H,5-7H2. The number of nitriles is 1. The van der Waals surface area contributed by atoms with Gasteiger partial charge in [0, 0.05) is 22.5 Å². The van der Waals surface area contributed by atoms with Gasteiger partial charge in [0.15, 0.2) is 0 Å². The largest absolute Gasteiger partial charge is 0.383 e. The Bertz CT molecular complexity index is 432. The monoisotopic (exact) mass is 294 g/mol. The number of thioether (sulfide) groups is 1. The average Bonchev–Trinajstić information content (AvgIpc) is 2.30. The van der Waals surface area contributed by atoms with Crippen molar-refractivity contribution < 1.29 is 0 Å². The van der Waals surface area contributed by atoms with E-state index >= 15 is 0 Å². The zero-order valence-electron chi connectivity index (χ0n) is 8.66. The second-order valence-electron chi connectivity index (χ2n) is 2.99. The molecule has 0 bridgehead atoms. The maximum atomic E-state index is 8.71. The van der Waals surface area contributed by atoms with Gasteiger partial charge in [-0.25, -0.2) is 0 Å². The summed E-state index contributed by atoms with van der Waals surface area (Å²) in [6.45, 7) is 0.858. The van der Waals surface area contributed by atoms with Gasteiger partial charge in [-0.3, -0.25) is 0 Å². The van der Waals surface area contributed by atoms with Crippen LogP contribution in [0.2, 0.25) is 0 Å². The molecule has 0 amide bonds. The summed E-state index contributed by atoms with van der Waals surface area (Å²) >= 11 is 5.14. The minimum Gasteiger partial charge on any atom is -0.383 e. The van der Waals surface area contributed by atoms with Crippen molar-refractivity contribution in [2.24, 2.45) is 0 Å². The van der Waals surface area contributed by atoms with Gasteiger partial charge in [0.1, 0.15) is 0 Å². The first kappa shape index (κ1) is 13.0. The maximum Gasteiger partial charge on any atom is 0.0992 e. The van der Waals surface area contributed by atoms with Crippen LogP contribution in [0, 0.1) is 23.7 Å². The fourth-order valence-electron chi connectivity index (χ4n) is 1.12. The summed E-state index contributed by atoms with van der Waals surface area (Å²) in [5, 5.41) is 12.0. The van der Waals surface area contributed by atoms with Crippen LogP contribution >= 0.6 is 27.7 Å². The Morgan fingerprint density at radius 3 is 2.94 bits per heavy atom. The van der Waals surface area contributed by atoms with Gasteiger partial charge in [0.25, 0.3) is 0 Å². The molecule has 0 saturated carbocycles. The van der Waals surface area contributed by atoms with Crippen LogP contribution in [0.4, 0.5) is 5.69 Å². The average molecular weight is 295 g/mol. The second-order valence-corrected chi connectivity index (χ2v) is 4.95. The summed E-state index contributed by atoms with van der Waals surface area (Å²) in [7, 11) is 0. The van der Waals surface area contributed by atoms with E-state index in [1.165, 1.54) is 0 Å². The van der Waals surface area contributed by atoms with Crippen LogP contribution in [-0.4, -0.2) is 18.1 Å². The molecule has 82 valence electrons. The quantitative estimate of drug-likeness (QED) is 0.670. The molecule has 0 unspecified atom stereocenters. The lowest BCUT2D eigenvalue weighted by atomic mass is 10.2. The van der Waals surface area contributed by atoms with Crippen molar-refractivity contribution in [2.75, 3.05) is 23.4 Å². The van der Waals surface area contributed by atoms with E-state index in [1.807, 2.05) is 6.07 Å². The van der Waals surface area contributed by atoms with Gasteiger partial charge >= 0.3 is 0 Å². The number of hydrogen-bond donors (Lipinski definition) is 1. The number of benzene rings is 1. The zero-order chi connectivity index (χ0) is 11.8. The van der Waals surface area contributed by atoms with Crippen LogP contribution in [0.3, 0.4) is 0 Å². The lowest BCUT2D eigenvalue weighted by molar-refractivity contribution is 1.22. The minimum absolute atomic E-state index is 0.652. The highest BCUT2D eigenvalue weighted by atomic mass is 79.9. The smallest absolute Gasteiger partial charge is 0.0992 e. The lowest BCUT2D eigenvalue weighted by Gasteiger charge is -2.07. The van der Waals surface area contributed by atoms with Crippen LogP contribution in [-0.2, 0) is 0 Å². The molecule has 1 N–H and O–H groups in total. The molecule has 0 aromatic heterocycles. The van der Waals surface area contributed by atoms with E-state index in [0.717, 1.165) is 28.2 Å². The molecule has 2 nitrogen and oxygen atoms in total. The number of halogens is 1. The first-order chi connectivity index (χ1) is 7.77. The molecule has 0 radical (unpaired) electrons. The highest BCUT2D eigenvalue weighted by Gasteiger charge is 2.00. The third kappa shape index (κ3) is 4.18. The van der Waals surface area contributed by atoms with Gasteiger partial charge < -0.3 is 5.32 Å². The number of anilines is 1. The predicted octanol–water partition coefficient (Wildman–Crippen LogP) is 3.10. The van der Waals surface area contributed by atoms with Gasteiger partial charge in [0.2, 0.25) is 0 Å². The first-order valence-electron chi connectivity index (χ1n) is 4.72. The highest BCUT2D eigenvalue weighted by Crippen LogP contribution is 2.23. The summed E-state index contributed by atoms with van der Waals surface area (Å²) in [4.78, 5) is 0. The summed E-state index contributed by atoms with van der Waals surface area (Å²) in [5.41, 5.74) is 1.65. The Morgan fingerprint density at radius 2 is 2.31 bits per heavy atom. The number of terminal acetylenes is 1. The van der Waals surface area contributed by atoms with Crippen molar-refractivity contribution >= 4 is 33.4 Å². The van der Waals surface area contributed by atoms with Crippen LogP contribution in [0.25, 0.3) is 0 Å². The molecule has 0 aliphatic heterocycles. The number of nitrogens with one attached hydrogen (secondary N) is 1. The second kappa shape index (κ2) is 7.22.